The largest absolute Gasteiger partial charge is 0.356 e. The lowest BCUT2D eigenvalue weighted by Gasteiger charge is -2.33. The highest BCUT2D eigenvalue weighted by molar-refractivity contribution is 4.97. The first-order valence-corrected chi connectivity index (χ1v) is 23.0. The topological polar surface area (TPSA) is 6.48 Å². The molecule has 0 amide bonds. The minimum atomic E-state index is 0.638. The van der Waals surface area contributed by atoms with Crippen LogP contribution in [0, 0.1) is 0 Å². The molecule has 1 rings (SSSR count). The Morgan fingerprint density at radius 2 is 0.479 bits per heavy atom. The lowest BCUT2D eigenvalue weighted by Crippen LogP contribution is -2.39. The first-order valence-electron chi connectivity index (χ1n) is 23.0. The van der Waals surface area contributed by atoms with Gasteiger partial charge in [-0.2, -0.15) is 0 Å². The number of unbranched alkanes of at least 4 members (excludes halogenated alkanes) is 34. The van der Waals surface area contributed by atoms with Gasteiger partial charge in [-0.05, 0) is 25.7 Å². The lowest BCUT2D eigenvalue weighted by atomic mass is 10.0. The molecule has 0 spiro atoms. The summed E-state index contributed by atoms with van der Waals surface area (Å²) in [5, 5.41) is 0. The van der Waals surface area contributed by atoms with Crippen molar-refractivity contribution in [3.05, 3.63) is 12.4 Å². The van der Waals surface area contributed by atoms with E-state index in [0.29, 0.717) is 6.17 Å². The predicted octanol–water partition coefficient (Wildman–Crippen LogP) is 16.3. The second-order valence-electron chi connectivity index (χ2n) is 16.1. The summed E-state index contributed by atoms with van der Waals surface area (Å²) in [5.41, 5.74) is 0. The van der Waals surface area contributed by atoms with Crippen LogP contribution in [-0.4, -0.2) is 29.1 Å². The summed E-state index contributed by atoms with van der Waals surface area (Å²) in [5.74, 6) is 0. The molecule has 0 saturated heterocycles. The van der Waals surface area contributed by atoms with Crippen molar-refractivity contribution in [2.45, 2.75) is 271 Å². The Hall–Kier alpha value is -0.660. The van der Waals surface area contributed by atoms with Gasteiger partial charge in [-0.3, -0.25) is 0 Å². The van der Waals surface area contributed by atoms with E-state index in [-0.39, 0.29) is 0 Å². The van der Waals surface area contributed by atoms with Gasteiger partial charge in [0.2, 0.25) is 0 Å². The highest BCUT2D eigenvalue weighted by Gasteiger charge is 2.24. The van der Waals surface area contributed by atoms with Crippen LogP contribution in [-0.2, 0) is 0 Å². The van der Waals surface area contributed by atoms with E-state index in [1.807, 2.05) is 0 Å². The SMILES string of the molecule is CCCCCCCCCCCCCCCCCCC1N(CCCCCCCC)C=CN1CCCCCCCCCCCCCCCCC. The molecule has 0 aromatic rings. The molecule has 0 N–H and O–H groups in total. The second-order valence-corrected chi connectivity index (χ2v) is 16.1. The van der Waals surface area contributed by atoms with Crippen LogP contribution < -0.4 is 0 Å². The molecule has 1 aliphatic rings. The summed E-state index contributed by atoms with van der Waals surface area (Å²) in [7, 11) is 0. The summed E-state index contributed by atoms with van der Waals surface area (Å²) in [6.07, 6.45) is 60.4. The van der Waals surface area contributed by atoms with Crippen molar-refractivity contribution in [2.75, 3.05) is 13.1 Å². The van der Waals surface area contributed by atoms with Crippen molar-refractivity contribution in [3.63, 3.8) is 0 Å². The van der Waals surface area contributed by atoms with E-state index in [1.54, 1.807) is 0 Å². The summed E-state index contributed by atoms with van der Waals surface area (Å²) in [6.45, 7) is 9.49. The van der Waals surface area contributed by atoms with Crippen LogP contribution in [0.5, 0.6) is 0 Å². The number of rotatable bonds is 40. The van der Waals surface area contributed by atoms with Gasteiger partial charge in [0.15, 0.2) is 0 Å². The fraction of sp³-hybridized carbons (Fsp3) is 0.957. The quantitative estimate of drug-likeness (QED) is 0.0598. The third-order valence-corrected chi connectivity index (χ3v) is 11.3. The van der Waals surface area contributed by atoms with E-state index < -0.39 is 0 Å². The minimum absolute atomic E-state index is 0.638. The molecular formula is C46H92N2. The minimum Gasteiger partial charge on any atom is -0.356 e. The van der Waals surface area contributed by atoms with Gasteiger partial charge >= 0.3 is 0 Å². The standard InChI is InChI=1S/C46H92N2/c1-4-7-10-13-16-18-20-22-24-25-27-29-31-33-35-38-41-46-47(42-39-36-15-12-9-6-3)44-45-48(46)43-40-37-34-32-30-28-26-23-21-19-17-14-11-8-5-2/h44-46H,4-43H2,1-3H3. The first-order chi connectivity index (χ1) is 23.8. The van der Waals surface area contributed by atoms with Gasteiger partial charge in [-0.15, -0.1) is 0 Å². The van der Waals surface area contributed by atoms with Crippen LogP contribution in [0.2, 0.25) is 0 Å². The second kappa shape index (κ2) is 37.6. The van der Waals surface area contributed by atoms with E-state index in [1.165, 1.54) is 257 Å². The predicted molar refractivity (Wildman–Crippen MR) is 219 cm³/mol. The average molecular weight is 673 g/mol. The van der Waals surface area contributed by atoms with E-state index in [9.17, 15) is 0 Å². The fourth-order valence-corrected chi connectivity index (χ4v) is 7.95. The molecule has 1 atom stereocenters. The number of nitrogens with zero attached hydrogens (tertiary/aromatic N) is 2. The molecule has 2 heteroatoms. The number of hydrogen-bond donors (Lipinski definition) is 0. The third-order valence-electron chi connectivity index (χ3n) is 11.3. The molecule has 286 valence electrons. The normalized spacial score (nSPS) is 14.6. The van der Waals surface area contributed by atoms with Gasteiger partial charge in [0, 0.05) is 25.5 Å². The molecule has 0 bridgehead atoms. The molecule has 0 aliphatic carbocycles. The fourth-order valence-electron chi connectivity index (χ4n) is 7.95. The van der Waals surface area contributed by atoms with Crippen molar-refractivity contribution in [1.82, 2.24) is 9.80 Å². The van der Waals surface area contributed by atoms with Gasteiger partial charge in [-0.25, -0.2) is 0 Å². The third kappa shape index (κ3) is 29.1. The monoisotopic (exact) mass is 673 g/mol. The Kier molecular flexibility index (Phi) is 35.5. The highest BCUT2D eigenvalue weighted by Crippen LogP contribution is 2.24. The highest BCUT2D eigenvalue weighted by atomic mass is 15.4. The molecule has 1 aliphatic heterocycles. The first kappa shape index (κ1) is 45.4. The zero-order chi connectivity index (χ0) is 34.4. The molecule has 0 aromatic heterocycles. The summed E-state index contributed by atoms with van der Waals surface area (Å²) < 4.78 is 0. The molecule has 48 heavy (non-hydrogen) atoms. The molecule has 0 saturated carbocycles. The molecule has 2 nitrogen and oxygen atoms in total. The maximum atomic E-state index is 2.73. The Balaban J connectivity index is 2.12. The zero-order valence-corrected chi connectivity index (χ0v) is 33.9. The molecule has 0 fully saturated rings. The molecular weight excluding hydrogens is 581 g/mol. The van der Waals surface area contributed by atoms with E-state index >= 15 is 0 Å². The molecule has 0 aromatic carbocycles. The van der Waals surface area contributed by atoms with E-state index in [2.05, 4.69) is 43.0 Å². The maximum Gasteiger partial charge on any atom is 0.101 e. The average Bonchev–Trinajstić information content (AvgIpc) is 3.48. The van der Waals surface area contributed by atoms with Crippen LogP contribution in [0.4, 0.5) is 0 Å². The Labute approximate surface area is 305 Å². The summed E-state index contributed by atoms with van der Waals surface area (Å²) in [4.78, 5) is 5.45. The van der Waals surface area contributed by atoms with Crippen LogP contribution in [0.3, 0.4) is 0 Å². The molecule has 1 heterocycles. The summed E-state index contributed by atoms with van der Waals surface area (Å²) >= 11 is 0. The lowest BCUT2D eigenvalue weighted by molar-refractivity contribution is 0.135. The van der Waals surface area contributed by atoms with Crippen LogP contribution >= 0.6 is 0 Å². The van der Waals surface area contributed by atoms with Gasteiger partial charge in [0.05, 0.1) is 0 Å². The van der Waals surface area contributed by atoms with E-state index in [0.717, 1.165) is 0 Å². The van der Waals surface area contributed by atoms with Crippen LogP contribution in [0.15, 0.2) is 12.4 Å². The number of hydrogen-bond acceptors (Lipinski definition) is 2. The van der Waals surface area contributed by atoms with Crippen molar-refractivity contribution >= 4 is 0 Å². The van der Waals surface area contributed by atoms with Gasteiger partial charge in [0.1, 0.15) is 6.17 Å². The van der Waals surface area contributed by atoms with Gasteiger partial charge in [-0.1, -0.05) is 239 Å². The zero-order valence-electron chi connectivity index (χ0n) is 33.9. The summed E-state index contributed by atoms with van der Waals surface area (Å²) in [6, 6.07) is 0. The Morgan fingerprint density at radius 3 is 0.729 bits per heavy atom. The van der Waals surface area contributed by atoms with Crippen molar-refractivity contribution < 1.29 is 0 Å². The molecule has 0 radical (unpaired) electrons. The van der Waals surface area contributed by atoms with Crippen LogP contribution in [0.1, 0.15) is 265 Å². The maximum absolute atomic E-state index is 2.73. The van der Waals surface area contributed by atoms with Crippen LogP contribution in [0.25, 0.3) is 0 Å². The van der Waals surface area contributed by atoms with Gasteiger partial charge in [0.25, 0.3) is 0 Å². The van der Waals surface area contributed by atoms with E-state index in [4.69, 9.17) is 0 Å². The Bertz CT molecular complexity index is 630. The smallest absolute Gasteiger partial charge is 0.101 e. The van der Waals surface area contributed by atoms with Gasteiger partial charge < -0.3 is 9.80 Å². The van der Waals surface area contributed by atoms with Crippen molar-refractivity contribution in [3.8, 4) is 0 Å². The molecule has 1 unspecified atom stereocenters. The van der Waals surface area contributed by atoms with Crippen molar-refractivity contribution in [1.29, 1.82) is 0 Å². The van der Waals surface area contributed by atoms with Crippen molar-refractivity contribution in [2.24, 2.45) is 0 Å². The Morgan fingerprint density at radius 1 is 0.271 bits per heavy atom.